The number of alkyl halides is 1. The molecular weight excluding hydrogens is 354 g/mol. The van der Waals surface area contributed by atoms with Crippen LogP contribution in [0.3, 0.4) is 0 Å². The maximum Gasteiger partial charge on any atom is 0.340 e. The van der Waals surface area contributed by atoms with Crippen LogP contribution >= 0.6 is 11.6 Å². The number of carbonyl (C=O) groups excluding carboxylic acids is 2. The van der Waals surface area contributed by atoms with Gasteiger partial charge >= 0.3 is 5.97 Å². The van der Waals surface area contributed by atoms with Gasteiger partial charge in [0, 0.05) is 11.8 Å². The lowest BCUT2D eigenvalue weighted by molar-refractivity contribution is -0.248. The van der Waals surface area contributed by atoms with Crippen LogP contribution in [0.25, 0.3) is 0 Å². The fourth-order valence-electron chi connectivity index (χ4n) is 4.82. The molecule has 0 spiro atoms. The number of carbonyl (C=O) groups is 2. The van der Waals surface area contributed by atoms with Crippen molar-refractivity contribution < 1.29 is 19.4 Å². The number of allylic oxidation sites excluding steroid dienone is 1. The van der Waals surface area contributed by atoms with E-state index in [4.69, 9.17) is 16.3 Å². The molecule has 0 bridgehead atoms. The second kappa shape index (κ2) is 6.39. The minimum atomic E-state index is -1.46. The van der Waals surface area contributed by atoms with Crippen LogP contribution in [-0.2, 0) is 19.9 Å². The standard InChI is InChI=1S/C20H22ClNO4/c21-12-11-15-17(24)22-19(16(23)13-7-3-1-4-8-13)18(25)26-20(15,19)14-9-5-2-6-10-14/h2-3,5-7,9-10,13,15-16,23H,1,4,8,11-12H2,(H,22,24)/t13-,15+,16+,19+,20+/m1/s1. The van der Waals surface area contributed by atoms with E-state index in [9.17, 15) is 14.7 Å². The largest absolute Gasteiger partial charge is 0.448 e. The van der Waals surface area contributed by atoms with Crippen molar-refractivity contribution >= 4 is 23.5 Å². The van der Waals surface area contributed by atoms with Gasteiger partial charge in [-0.3, -0.25) is 4.79 Å². The van der Waals surface area contributed by atoms with Gasteiger partial charge in [-0.15, -0.1) is 11.6 Å². The van der Waals surface area contributed by atoms with Crippen LogP contribution in [0.15, 0.2) is 42.5 Å². The fourth-order valence-corrected chi connectivity index (χ4v) is 5.04. The monoisotopic (exact) mass is 375 g/mol. The molecule has 5 atom stereocenters. The number of hydrogen-bond acceptors (Lipinski definition) is 4. The summed E-state index contributed by atoms with van der Waals surface area (Å²) in [4.78, 5) is 25.5. The Morgan fingerprint density at radius 1 is 1.31 bits per heavy atom. The molecule has 0 saturated carbocycles. The lowest BCUT2D eigenvalue weighted by Crippen LogP contribution is -2.79. The zero-order valence-corrected chi connectivity index (χ0v) is 15.1. The average molecular weight is 376 g/mol. The van der Waals surface area contributed by atoms with Crippen LogP contribution in [-0.4, -0.2) is 34.5 Å². The summed E-state index contributed by atoms with van der Waals surface area (Å²) in [6.45, 7) is 0. The molecule has 1 amide bonds. The SMILES string of the molecule is O=C1N[C@@]2([C@@H](O)[C@@H]3C=CCCC3)C(=O)O[C@@]2(c2ccccc2)[C@H]1CCCl. The van der Waals surface area contributed by atoms with E-state index in [1.54, 1.807) is 0 Å². The number of aliphatic hydroxyl groups is 1. The first-order chi connectivity index (χ1) is 12.6. The van der Waals surface area contributed by atoms with E-state index >= 15 is 0 Å². The Morgan fingerprint density at radius 2 is 2.08 bits per heavy atom. The summed E-state index contributed by atoms with van der Waals surface area (Å²) in [6.07, 6.45) is 5.97. The van der Waals surface area contributed by atoms with Gasteiger partial charge in [0.25, 0.3) is 0 Å². The summed E-state index contributed by atoms with van der Waals surface area (Å²) in [7, 11) is 0. The van der Waals surface area contributed by atoms with E-state index in [0.717, 1.165) is 19.3 Å². The first-order valence-electron chi connectivity index (χ1n) is 9.09. The van der Waals surface area contributed by atoms with Gasteiger partial charge < -0.3 is 15.2 Å². The Balaban J connectivity index is 1.85. The molecule has 6 heteroatoms. The number of aliphatic hydroxyl groups excluding tert-OH is 1. The first-order valence-corrected chi connectivity index (χ1v) is 9.63. The lowest BCUT2D eigenvalue weighted by Gasteiger charge is -2.56. The van der Waals surface area contributed by atoms with Crippen molar-refractivity contribution in [3.8, 4) is 0 Å². The number of ether oxygens (including phenoxy) is 1. The van der Waals surface area contributed by atoms with Crippen LogP contribution in [0.5, 0.6) is 0 Å². The minimum absolute atomic E-state index is 0.199. The second-order valence-electron chi connectivity index (χ2n) is 7.29. The Labute approximate surface area is 157 Å². The molecule has 3 aliphatic rings. The Hall–Kier alpha value is -1.85. The van der Waals surface area contributed by atoms with E-state index in [2.05, 4.69) is 5.32 Å². The number of halogens is 1. The molecule has 0 unspecified atom stereocenters. The Bertz CT molecular complexity index is 751. The third-order valence-corrected chi connectivity index (χ3v) is 6.25. The van der Waals surface area contributed by atoms with E-state index < -0.39 is 29.1 Å². The molecule has 2 saturated heterocycles. The molecule has 1 aliphatic carbocycles. The first kappa shape index (κ1) is 17.6. The molecule has 0 aromatic heterocycles. The van der Waals surface area contributed by atoms with Crippen molar-refractivity contribution in [2.75, 3.05) is 5.88 Å². The summed E-state index contributed by atoms with van der Waals surface area (Å²) in [5.74, 6) is -1.42. The van der Waals surface area contributed by atoms with E-state index in [-0.39, 0.29) is 17.7 Å². The Morgan fingerprint density at radius 3 is 2.69 bits per heavy atom. The number of rotatable bonds is 5. The quantitative estimate of drug-likeness (QED) is 0.470. The lowest BCUT2D eigenvalue weighted by atomic mass is 9.61. The number of benzene rings is 1. The number of nitrogens with one attached hydrogen (secondary N) is 1. The molecule has 26 heavy (non-hydrogen) atoms. The molecular formula is C20H22ClNO4. The van der Waals surface area contributed by atoms with Crippen LogP contribution in [0.2, 0.25) is 0 Å². The number of fused-ring (bicyclic) bond motifs is 1. The van der Waals surface area contributed by atoms with Crippen molar-refractivity contribution in [2.45, 2.75) is 42.9 Å². The highest BCUT2D eigenvalue weighted by atomic mass is 35.5. The third kappa shape index (κ3) is 2.13. The molecule has 4 rings (SSSR count). The predicted octanol–water partition coefficient (Wildman–Crippen LogP) is 2.27. The molecule has 5 nitrogen and oxygen atoms in total. The highest BCUT2D eigenvalue weighted by molar-refractivity contribution is 6.18. The maximum atomic E-state index is 12.8. The summed E-state index contributed by atoms with van der Waals surface area (Å²) in [6, 6.07) is 9.23. The molecule has 2 heterocycles. The number of amides is 1. The summed E-state index contributed by atoms with van der Waals surface area (Å²) >= 11 is 5.95. The molecule has 1 aromatic rings. The van der Waals surface area contributed by atoms with Gasteiger partial charge in [0.05, 0.1) is 12.0 Å². The normalized spacial score (nSPS) is 36.7. The van der Waals surface area contributed by atoms with Crippen molar-refractivity contribution in [3.05, 3.63) is 48.0 Å². The minimum Gasteiger partial charge on any atom is -0.448 e. The van der Waals surface area contributed by atoms with Gasteiger partial charge in [0.2, 0.25) is 11.4 Å². The molecule has 0 radical (unpaired) electrons. The summed E-state index contributed by atoms with van der Waals surface area (Å²) in [5, 5.41) is 14.1. The van der Waals surface area contributed by atoms with Gasteiger partial charge in [-0.1, -0.05) is 42.5 Å². The van der Waals surface area contributed by atoms with E-state index in [1.807, 2.05) is 42.5 Å². The van der Waals surface area contributed by atoms with Crippen LogP contribution in [0.4, 0.5) is 0 Å². The van der Waals surface area contributed by atoms with Gasteiger partial charge in [-0.2, -0.15) is 0 Å². The zero-order chi connectivity index (χ0) is 18.4. The average Bonchev–Trinajstić information content (AvgIpc) is 2.88. The smallest absolute Gasteiger partial charge is 0.340 e. The van der Waals surface area contributed by atoms with Gasteiger partial charge in [0.1, 0.15) is 0 Å². The molecule has 2 N–H and O–H groups in total. The summed E-state index contributed by atoms with van der Waals surface area (Å²) < 4.78 is 5.72. The predicted molar refractivity (Wildman–Crippen MR) is 96.4 cm³/mol. The highest BCUT2D eigenvalue weighted by Gasteiger charge is 2.82. The molecule has 1 aromatic carbocycles. The Kier molecular flexibility index (Phi) is 4.32. The van der Waals surface area contributed by atoms with Gasteiger partial charge in [0.15, 0.2) is 5.60 Å². The maximum absolute atomic E-state index is 12.8. The van der Waals surface area contributed by atoms with Gasteiger partial charge in [-0.25, -0.2) is 4.79 Å². The van der Waals surface area contributed by atoms with Crippen molar-refractivity contribution in [3.63, 3.8) is 0 Å². The van der Waals surface area contributed by atoms with Gasteiger partial charge in [-0.05, 0) is 31.2 Å². The van der Waals surface area contributed by atoms with Crippen molar-refractivity contribution in [1.29, 1.82) is 0 Å². The molecule has 2 fully saturated rings. The van der Waals surface area contributed by atoms with Crippen LogP contribution in [0, 0.1) is 11.8 Å². The van der Waals surface area contributed by atoms with Crippen LogP contribution < -0.4 is 5.32 Å². The van der Waals surface area contributed by atoms with Crippen molar-refractivity contribution in [2.24, 2.45) is 11.8 Å². The topological polar surface area (TPSA) is 75.6 Å². The zero-order valence-electron chi connectivity index (χ0n) is 14.4. The fraction of sp³-hybridized carbons (Fsp3) is 0.500. The molecule has 2 aliphatic heterocycles. The second-order valence-corrected chi connectivity index (χ2v) is 7.66. The highest BCUT2D eigenvalue weighted by Crippen LogP contribution is 2.59. The molecule has 138 valence electrons. The van der Waals surface area contributed by atoms with E-state index in [1.165, 1.54) is 0 Å². The van der Waals surface area contributed by atoms with Crippen LogP contribution in [0.1, 0.15) is 31.2 Å². The van der Waals surface area contributed by atoms with Crippen molar-refractivity contribution in [1.82, 2.24) is 5.32 Å². The summed E-state index contributed by atoms with van der Waals surface area (Å²) in [5.41, 5.74) is -1.97. The number of esters is 1. The van der Waals surface area contributed by atoms with E-state index in [0.29, 0.717) is 12.0 Å². The number of hydrogen-bond donors (Lipinski definition) is 2. The third-order valence-electron chi connectivity index (χ3n) is 6.03.